The second-order valence-electron chi connectivity index (χ2n) is 9.25. The molecule has 0 aromatic heterocycles. The first-order valence-electron chi connectivity index (χ1n) is 13.7. The van der Waals surface area contributed by atoms with E-state index in [1.165, 1.54) is 69.6 Å². The molecule has 0 bridgehead atoms. The van der Waals surface area contributed by atoms with E-state index in [4.69, 9.17) is 9.47 Å². The summed E-state index contributed by atoms with van der Waals surface area (Å²) in [6.45, 7) is 6.36. The van der Waals surface area contributed by atoms with Crippen LogP contribution in [-0.4, -0.2) is 12.6 Å². The Morgan fingerprint density at radius 2 is 1.31 bits per heavy atom. The highest BCUT2D eigenvalue weighted by Crippen LogP contribution is 2.22. The SMILES string of the molecule is C=COC(=O)CCCCCCCCCCOc1ccc(N=Nc2ccc(CCCCCC)cc2)cc1. The van der Waals surface area contributed by atoms with Crippen LogP contribution in [0, 0.1) is 0 Å². The topological polar surface area (TPSA) is 60.2 Å². The molecule has 0 N–H and O–H groups in total. The Morgan fingerprint density at radius 1 is 0.750 bits per heavy atom. The number of hydrogen-bond acceptors (Lipinski definition) is 5. The van der Waals surface area contributed by atoms with Crippen molar-refractivity contribution >= 4 is 17.3 Å². The van der Waals surface area contributed by atoms with E-state index in [1.54, 1.807) is 0 Å². The number of nitrogens with zero attached hydrogens (tertiary/aromatic N) is 2. The van der Waals surface area contributed by atoms with Gasteiger partial charge in [0.1, 0.15) is 5.75 Å². The highest BCUT2D eigenvalue weighted by molar-refractivity contribution is 5.69. The number of carbonyl (C=O) groups excluding carboxylic acids is 1. The number of hydrogen-bond donors (Lipinski definition) is 0. The highest BCUT2D eigenvalue weighted by Gasteiger charge is 2.01. The number of aryl methyl sites for hydroxylation is 1. The predicted molar refractivity (Wildman–Crippen MR) is 148 cm³/mol. The Kier molecular flexibility index (Phi) is 15.7. The molecule has 2 aromatic carbocycles. The van der Waals surface area contributed by atoms with E-state index in [-0.39, 0.29) is 5.97 Å². The lowest BCUT2D eigenvalue weighted by atomic mass is 10.1. The average molecular weight is 493 g/mol. The van der Waals surface area contributed by atoms with E-state index >= 15 is 0 Å². The average Bonchev–Trinajstić information content (AvgIpc) is 2.90. The molecule has 0 heterocycles. The minimum absolute atomic E-state index is 0.182. The van der Waals surface area contributed by atoms with Gasteiger partial charge in [-0.3, -0.25) is 4.79 Å². The normalized spacial score (nSPS) is 11.0. The quantitative estimate of drug-likeness (QED) is 0.0799. The van der Waals surface area contributed by atoms with Gasteiger partial charge in [0, 0.05) is 6.42 Å². The summed E-state index contributed by atoms with van der Waals surface area (Å²) in [7, 11) is 0. The van der Waals surface area contributed by atoms with Crippen LogP contribution in [0.15, 0.2) is 71.6 Å². The molecular weight excluding hydrogens is 448 g/mol. The third kappa shape index (κ3) is 13.8. The van der Waals surface area contributed by atoms with Gasteiger partial charge >= 0.3 is 5.97 Å². The first-order valence-corrected chi connectivity index (χ1v) is 13.7. The lowest BCUT2D eigenvalue weighted by Crippen LogP contribution is -1.98. The predicted octanol–water partition coefficient (Wildman–Crippen LogP) is 9.80. The molecule has 0 amide bonds. The van der Waals surface area contributed by atoms with Crippen LogP contribution in [0.1, 0.15) is 96.0 Å². The molecule has 0 saturated heterocycles. The van der Waals surface area contributed by atoms with Crippen molar-refractivity contribution in [2.75, 3.05) is 6.61 Å². The van der Waals surface area contributed by atoms with Crippen LogP contribution in [0.25, 0.3) is 0 Å². The Labute approximate surface area is 218 Å². The highest BCUT2D eigenvalue weighted by atomic mass is 16.5. The maximum absolute atomic E-state index is 11.2. The first-order chi connectivity index (χ1) is 17.7. The summed E-state index contributed by atoms with van der Waals surface area (Å²) in [6.07, 6.45) is 17.0. The summed E-state index contributed by atoms with van der Waals surface area (Å²) < 4.78 is 10.6. The molecule has 0 spiro atoms. The fourth-order valence-electron chi connectivity index (χ4n) is 3.98. The van der Waals surface area contributed by atoms with Gasteiger partial charge in [0.2, 0.25) is 0 Å². The Bertz CT molecular complexity index is 876. The van der Waals surface area contributed by atoms with Crippen molar-refractivity contribution in [1.82, 2.24) is 0 Å². The van der Waals surface area contributed by atoms with Gasteiger partial charge < -0.3 is 9.47 Å². The summed E-state index contributed by atoms with van der Waals surface area (Å²) in [4.78, 5) is 11.2. The van der Waals surface area contributed by atoms with Gasteiger partial charge in [0.15, 0.2) is 0 Å². The summed E-state index contributed by atoms with van der Waals surface area (Å²) in [6, 6.07) is 16.2. The minimum atomic E-state index is -0.182. The molecule has 5 heteroatoms. The Hall–Kier alpha value is -2.95. The molecule has 2 rings (SSSR count). The molecule has 2 aromatic rings. The fraction of sp³-hybridized carbons (Fsp3) is 0.516. The number of rotatable bonds is 20. The molecule has 196 valence electrons. The van der Waals surface area contributed by atoms with Gasteiger partial charge in [-0.15, -0.1) is 0 Å². The molecule has 5 nitrogen and oxygen atoms in total. The van der Waals surface area contributed by atoms with Crippen LogP contribution < -0.4 is 4.74 Å². The van der Waals surface area contributed by atoms with Gasteiger partial charge in [-0.1, -0.05) is 83.4 Å². The number of esters is 1. The van der Waals surface area contributed by atoms with E-state index in [0.717, 1.165) is 49.4 Å². The molecule has 0 saturated carbocycles. The van der Waals surface area contributed by atoms with Crippen LogP contribution in [0.2, 0.25) is 0 Å². The maximum Gasteiger partial charge on any atom is 0.310 e. The van der Waals surface area contributed by atoms with E-state index in [1.807, 2.05) is 36.4 Å². The van der Waals surface area contributed by atoms with E-state index in [9.17, 15) is 4.79 Å². The van der Waals surface area contributed by atoms with Gasteiger partial charge in [0.25, 0.3) is 0 Å². The number of ether oxygens (including phenoxy) is 2. The van der Waals surface area contributed by atoms with Gasteiger partial charge in [-0.25, -0.2) is 0 Å². The van der Waals surface area contributed by atoms with Crippen LogP contribution in [0.3, 0.4) is 0 Å². The van der Waals surface area contributed by atoms with Crippen LogP contribution in [0.4, 0.5) is 11.4 Å². The molecule has 0 aliphatic heterocycles. The van der Waals surface area contributed by atoms with Crippen molar-refractivity contribution in [1.29, 1.82) is 0 Å². The van der Waals surface area contributed by atoms with E-state index in [2.05, 4.69) is 35.9 Å². The van der Waals surface area contributed by atoms with Crippen molar-refractivity contribution in [3.05, 3.63) is 66.9 Å². The fourth-order valence-corrected chi connectivity index (χ4v) is 3.98. The molecule has 0 atom stereocenters. The van der Waals surface area contributed by atoms with Gasteiger partial charge in [0.05, 0.1) is 24.2 Å². The third-order valence-corrected chi connectivity index (χ3v) is 6.13. The van der Waals surface area contributed by atoms with Crippen LogP contribution in [-0.2, 0) is 16.0 Å². The molecule has 0 aliphatic rings. The van der Waals surface area contributed by atoms with Crippen molar-refractivity contribution in [2.45, 2.75) is 96.8 Å². The number of benzene rings is 2. The molecule has 0 unspecified atom stereocenters. The smallest absolute Gasteiger partial charge is 0.310 e. The maximum atomic E-state index is 11.2. The van der Waals surface area contributed by atoms with E-state index in [0.29, 0.717) is 6.42 Å². The van der Waals surface area contributed by atoms with Crippen molar-refractivity contribution in [3.63, 3.8) is 0 Å². The van der Waals surface area contributed by atoms with Gasteiger partial charge in [-0.05, 0) is 67.6 Å². The van der Waals surface area contributed by atoms with Crippen LogP contribution in [0.5, 0.6) is 5.75 Å². The van der Waals surface area contributed by atoms with Crippen LogP contribution >= 0.6 is 0 Å². The molecule has 0 fully saturated rings. The zero-order valence-electron chi connectivity index (χ0n) is 22.1. The largest absolute Gasteiger partial charge is 0.494 e. The zero-order valence-corrected chi connectivity index (χ0v) is 22.1. The van der Waals surface area contributed by atoms with E-state index < -0.39 is 0 Å². The summed E-state index contributed by atoms with van der Waals surface area (Å²) in [5.74, 6) is 0.689. The second kappa shape index (κ2) is 19.3. The summed E-state index contributed by atoms with van der Waals surface area (Å²) in [5, 5.41) is 8.71. The van der Waals surface area contributed by atoms with Crippen molar-refractivity contribution in [3.8, 4) is 5.75 Å². The Morgan fingerprint density at radius 3 is 1.92 bits per heavy atom. The summed E-state index contributed by atoms with van der Waals surface area (Å²) in [5.41, 5.74) is 3.07. The third-order valence-electron chi connectivity index (χ3n) is 6.13. The lowest BCUT2D eigenvalue weighted by molar-refractivity contribution is -0.138. The second-order valence-corrected chi connectivity index (χ2v) is 9.25. The van der Waals surface area contributed by atoms with Crippen molar-refractivity contribution < 1.29 is 14.3 Å². The lowest BCUT2D eigenvalue weighted by Gasteiger charge is -2.06. The Balaban J connectivity index is 1.52. The first kappa shape index (κ1) is 29.3. The molecule has 0 aliphatic carbocycles. The standard InChI is InChI=1S/C31H44N2O3/c1-3-5-6-13-16-27-18-20-28(21-19-27)32-33-29-22-24-30(25-23-29)36-26-15-12-10-8-7-9-11-14-17-31(34)35-4-2/h4,18-25H,2-3,5-17,26H2,1H3. The van der Waals surface area contributed by atoms with Gasteiger partial charge in [-0.2, -0.15) is 10.2 Å². The number of unbranched alkanes of at least 4 members (excludes halogenated alkanes) is 10. The molecular formula is C31H44N2O3. The number of azo groups is 1. The number of carbonyl (C=O) groups is 1. The molecule has 36 heavy (non-hydrogen) atoms. The minimum Gasteiger partial charge on any atom is -0.494 e. The zero-order chi connectivity index (χ0) is 25.7. The van der Waals surface area contributed by atoms with Crippen molar-refractivity contribution in [2.24, 2.45) is 10.2 Å². The molecule has 0 radical (unpaired) electrons. The summed E-state index contributed by atoms with van der Waals surface area (Å²) >= 11 is 0. The monoisotopic (exact) mass is 492 g/mol.